The molecular weight excluding hydrogens is 543 g/mol. The van der Waals surface area contributed by atoms with Crippen LogP contribution in [0.4, 0.5) is 0 Å². The largest absolute Gasteiger partial charge is 0.493 e. The zero-order chi connectivity index (χ0) is 22.8. The van der Waals surface area contributed by atoms with Crippen LogP contribution in [0.5, 0.6) is 11.5 Å². The summed E-state index contributed by atoms with van der Waals surface area (Å²) < 4.78 is 15.7. The first-order valence-electron chi connectivity index (χ1n) is 10.3. The minimum Gasteiger partial charge on any atom is -0.493 e. The lowest BCUT2D eigenvalue weighted by Gasteiger charge is -2.16. The number of guanidine groups is 1. The van der Waals surface area contributed by atoms with E-state index in [1.807, 2.05) is 32.0 Å². The van der Waals surface area contributed by atoms with Gasteiger partial charge in [0.25, 0.3) is 0 Å². The van der Waals surface area contributed by atoms with E-state index in [2.05, 4.69) is 20.6 Å². The minimum absolute atomic E-state index is 0. The van der Waals surface area contributed by atoms with E-state index in [1.54, 1.807) is 28.2 Å². The summed E-state index contributed by atoms with van der Waals surface area (Å²) in [6.07, 6.45) is 1.82. The highest BCUT2D eigenvalue weighted by molar-refractivity contribution is 14.0. The third kappa shape index (κ3) is 7.80. The molecule has 0 fully saturated rings. The van der Waals surface area contributed by atoms with Gasteiger partial charge in [0, 0.05) is 13.6 Å². The number of hydrogen-bond donors (Lipinski definition) is 2. The zero-order valence-electron chi connectivity index (χ0n) is 19.5. The van der Waals surface area contributed by atoms with E-state index in [0.717, 1.165) is 35.9 Å². The average molecular weight is 577 g/mol. The van der Waals surface area contributed by atoms with Crippen LogP contribution in [0.25, 0.3) is 0 Å². The first-order valence-corrected chi connectivity index (χ1v) is 11.1. The highest BCUT2D eigenvalue weighted by Gasteiger charge is 2.20. The molecule has 0 aliphatic heterocycles. The summed E-state index contributed by atoms with van der Waals surface area (Å²) in [6.45, 7) is 6.70. The summed E-state index contributed by atoms with van der Waals surface area (Å²) in [6, 6.07) is 5.87. The molecule has 0 radical (unpaired) electrons. The van der Waals surface area contributed by atoms with E-state index in [0.29, 0.717) is 23.1 Å². The van der Waals surface area contributed by atoms with Gasteiger partial charge in [-0.25, -0.2) is 9.78 Å². The fourth-order valence-corrected chi connectivity index (χ4v) is 3.95. The topological polar surface area (TPSA) is 94.1 Å². The van der Waals surface area contributed by atoms with E-state index in [9.17, 15) is 4.79 Å². The molecule has 10 heteroatoms. The second-order valence-electron chi connectivity index (χ2n) is 6.85. The number of nitrogens with one attached hydrogen (secondary N) is 2. The van der Waals surface area contributed by atoms with Crippen LogP contribution in [-0.2, 0) is 11.2 Å². The number of aryl methyl sites for hydroxylation is 2. The number of methoxy groups -OCH3 is 2. The van der Waals surface area contributed by atoms with Gasteiger partial charge in [-0.1, -0.05) is 6.07 Å². The van der Waals surface area contributed by atoms with Crippen molar-refractivity contribution in [2.75, 3.05) is 34.4 Å². The molecule has 0 aliphatic carbocycles. The maximum Gasteiger partial charge on any atom is 0.350 e. The van der Waals surface area contributed by atoms with Gasteiger partial charge in [-0.15, -0.1) is 35.3 Å². The van der Waals surface area contributed by atoms with Crippen LogP contribution >= 0.6 is 35.3 Å². The lowest BCUT2D eigenvalue weighted by atomic mass is 10.1. The highest BCUT2D eigenvalue weighted by Crippen LogP contribution is 2.28. The number of esters is 1. The molecule has 1 aromatic carbocycles. The van der Waals surface area contributed by atoms with Crippen molar-refractivity contribution in [3.05, 3.63) is 39.3 Å². The number of rotatable bonds is 10. The number of thiazole rings is 1. The van der Waals surface area contributed by atoms with Gasteiger partial charge in [0.15, 0.2) is 17.5 Å². The third-order valence-electron chi connectivity index (χ3n) is 4.60. The molecule has 8 nitrogen and oxygen atoms in total. The van der Waals surface area contributed by atoms with E-state index < -0.39 is 0 Å². The number of carbonyl (C=O) groups is 1. The molecule has 1 aromatic heterocycles. The van der Waals surface area contributed by atoms with E-state index in [4.69, 9.17) is 14.2 Å². The molecule has 0 aliphatic rings. The normalized spacial score (nSPS) is 11.9. The van der Waals surface area contributed by atoms with Gasteiger partial charge in [-0.05, 0) is 51.3 Å². The number of halogens is 1. The Labute approximate surface area is 211 Å². The molecule has 0 bridgehead atoms. The zero-order valence-corrected chi connectivity index (χ0v) is 22.6. The molecule has 1 heterocycles. The van der Waals surface area contributed by atoms with Gasteiger partial charge >= 0.3 is 5.97 Å². The summed E-state index contributed by atoms with van der Waals surface area (Å²) in [4.78, 5) is 21.4. The standard InChI is InChI=1S/C22H32N4O4S.HI/c1-7-30-21(27)19-14(2)25-20(31-19)15(3)26-22(23-4)24-12-8-9-16-10-11-17(28-5)18(13-16)29-6;/h10-11,13,15H,7-9,12H2,1-6H3,(H2,23,24,26);1H. The molecule has 0 saturated heterocycles. The quantitative estimate of drug-likeness (QED) is 0.145. The second kappa shape index (κ2) is 14.1. The summed E-state index contributed by atoms with van der Waals surface area (Å²) >= 11 is 1.35. The Morgan fingerprint density at radius 2 is 1.97 bits per heavy atom. The van der Waals surface area contributed by atoms with Crippen molar-refractivity contribution in [2.45, 2.75) is 39.7 Å². The van der Waals surface area contributed by atoms with Crippen molar-refractivity contribution >= 4 is 47.2 Å². The molecule has 32 heavy (non-hydrogen) atoms. The Balaban J connectivity index is 0.00000512. The minimum atomic E-state index is -0.325. The fraction of sp³-hybridized carbons (Fsp3) is 0.500. The number of benzene rings is 1. The van der Waals surface area contributed by atoms with Crippen LogP contribution in [0.1, 0.15) is 52.2 Å². The van der Waals surface area contributed by atoms with Gasteiger partial charge in [-0.3, -0.25) is 4.99 Å². The SMILES string of the molecule is CCOC(=O)c1sc(C(C)NC(=NC)NCCCc2ccc(OC)c(OC)c2)nc1C.I. The summed E-state index contributed by atoms with van der Waals surface area (Å²) in [5.41, 5.74) is 1.87. The first-order chi connectivity index (χ1) is 14.9. The average Bonchev–Trinajstić information content (AvgIpc) is 3.17. The lowest BCUT2D eigenvalue weighted by molar-refractivity contribution is 0.0531. The van der Waals surface area contributed by atoms with E-state index in [1.165, 1.54) is 16.9 Å². The molecule has 2 aromatic rings. The second-order valence-corrected chi connectivity index (χ2v) is 7.88. The van der Waals surface area contributed by atoms with E-state index in [-0.39, 0.29) is 36.0 Å². The van der Waals surface area contributed by atoms with Crippen molar-refractivity contribution < 1.29 is 19.0 Å². The summed E-state index contributed by atoms with van der Waals surface area (Å²) in [7, 11) is 5.00. The Hall–Kier alpha value is -2.08. The van der Waals surface area contributed by atoms with Crippen molar-refractivity contribution in [1.29, 1.82) is 0 Å². The van der Waals surface area contributed by atoms with Gasteiger partial charge in [0.05, 0.1) is 32.6 Å². The fourth-order valence-electron chi connectivity index (χ4n) is 2.99. The first kappa shape index (κ1) is 28.0. The number of carbonyl (C=O) groups excluding carboxylic acids is 1. The number of aromatic nitrogens is 1. The summed E-state index contributed by atoms with van der Waals surface area (Å²) in [5.74, 6) is 1.82. The number of hydrogen-bond acceptors (Lipinski definition) is 7. The number of ether oxygens (including phenoxy) is 3. The van der Waals surface area contributed by atoms with Crippen molar-refractivity contribution in [3.8, 4) is 11.5 Å². The molecule has 0 amide bonds. The van der Waals surface area contributed by atoms with Gasteiger partial charge in [0.1, 0.15) is 9.88 Å². The molecule has 2 N–H and O–H groups in total. The maximum atomic E-state index is 12.0. The molecule has 2 rings (SSSR count). The predicted molar refractivity (Wildman–Crippen MR) is 139 cm³/mol. The van der Waals surface area contributed by atoms with Gasteiger partial charge < -0.3 is 24.8 Å². The van der Waals surface area contributed by atoms with Crippen LogP contribution < -0.4 is 20.1 Å². The Morgan fingerprint density at radius 1 is 1.25 bits per heavy atom. The molecule has 0 spiro atoms. The van der Waals surface area contributed by atoms with Crippen molar-refractivity contribution in [2.24, 2.45) is 4.99 Å². The molecule has 0 saturated carbocycles. The van der Waals surface area contributed by atoms with Crippen molar-refractivity contribution in [3.63, 3.8) is 0 Å². The predicted octanol–water partition coefficient (Wildman–Crippen LogP) is 4.12. The van der Waals surface area contributed by atoms with Crippen LogP contribution in [0.15, 0.2) is 23.2 Å². The van der Waals surface area contributed by atoms with E-state index >= 15 is 0 Å². The smallest absolute Gasteiger partial charge is 0.350 e. The Morgan fingerprint density at radius 3 is 2.59 bits per heavy atom. The summed E-state index contributed by atoms with van der Waals surface area (Å²) in [5, 5.41) is 7.46. The maximum absolute atomic E-state index is 12.0. The van der Waals surface area contributed by atoms with Crippen LogP contribution in [0.2, 0.25) is 0 Å². The number of nitrogens with zero attached hydrogens (tertiary/aromatic N) is 2. The monoisotopic (exact) mass is 576 g/mol. The molecular formula is C22H33IN4O4S. The third-order valence-corrected chi connectivity index (χ3v) is 5.92. The number of aliphatic imine (C=N–C) groups is 1. The molecule has 178 valence electrons. The van der Waals surface area contributed by atoms with Gasteiger partial charge in [0.2, 0.25) is 0 Å². The van der Waals surface area contributed by atoms with Crippen LogP contribution in [0, 0.1) is 6.92 Å². The lowest BCUT2D eigenvalue weighted by Crippen LogP contribution is -2.39. The Kier molecular flexibility index (Phi) is 12.4. The Bertz CT molecular complexity index is 904. The van der Waals surface area contributed by atoms with Crippen LogP contribution in [0.3, 0.4) is 0 Å². The van der Waals surface area contributed by atoms with Gasteiger partial charge in [-0.2, -0.15) is 0 Å². The molecule has 1 unspecified atom stereocenters. The van der Waals surface area contributed by atoms with Crippen LogP contribution in [-0.4, -0.2) is 51.3 Å². The highest BCUT2D eigenvalue weighted by atomic mass is 127. The van der Waals surface area contributed by atoms with Crippen molar-refractivity contribution in [1.82, 2.24) is 15.6 Å². The molecule has 1 atom stereocenters.